The molecule has 7 nitrogen and oxygen atoms in total. The molecule has 0 radical (unpaired) electrons. The highest BCUT2D eigenvalue weighted by atomic mass is 16.5. The molecule has 1 aromatic carbocycles. The third kappa shape index (κ3) is 3.98. The number of carbonyl (C=O) groups is 4. The van der Waals surface area contributed by atoms with Gasteiger partial charge < -0.3 is 10.1 Å². The van der Waals surface area contributed by atoms with Crippen molar-refractivity contribution >= 4 is 29.4 Å². The topological polar surface area (TPSA) is 92.8 Å². The molecule has 1 saturated heterocycles. The highest BCUT2D eigenvalue weighted by Gasteiger charge is 2.49. The van der Waals surface area contributed by atoms with Crippen molar-refractivity contribution in [2.75, 3.05) is 11.5 Å². The van der Waals surface area contributed by atoms with Gasteiger partial charge in [-0.25, -0.2) is 4.79 Å². The average molecular weight is 384 g/mol. The van der Waals surface area contributed by atoms with Crippen LogP contribution in [0.2, 0.25) is 0 Å². The number of para-hydroxylation sites is 1. The molecule has 1 aliphatic carbocycles. The third-order valence-corrected chi connectivity index (χ3v) is 5.13. The van der Waals surface area contributed by atoms with E-state index in [0.717, 1.165) is 5.57 Å². The maximum atomic E-state index is 12.9. The predicted octanol–water partition coefficient (Wildman–Crippen LogP) is 1.97. The van der Waals surface area contributed by atoms with Crippen LogP contribution < -0.4 is 10.2 Å². The molecule has 3 amide bonds. The van der Waals surface area contributed by atoms with Crippen LogP contribution in [0.4, 0.5) is 5.69 Å². The number of hydrogen-bond acceptors (Lipinski definition) is 5. The number of amides is 3. The van der Waals surface area contributed by atoms with Crippen LogP contribution in [0.15, 0.2) is 42.0 Å². The summed E-state index contributed by atoms with van der Waals surface area (Å²) in [5, 5.41) is 2.61. The van der Waals surface area contributed by atoms with Gasteiger partial charge in [0.1, 0.15) is 6.04 Å². The number of fused-ring (bicyclic) bond motifs is 1. The van der Waals surface area contributed by atoms with E-state index in [1.54, 1.807) is 31.2 Å². The van der Waals surface area contributed by atoms with Crippen LogP contribution in [0.1, 0.15) is 33.1 Å². The van der Waals surface area contributed by atoms with Crippen LogP contribution in [0.3, 0.4) is 0 Å². The fraction of sp³-hybridized carbons (Fsp3) is 0.429. The van der Waals surface area contributed by atoms with E-state index in [1.807, 2.05) is 12.1 Å². The zero-order valence-corrected chi connectivity index (χ0v) is 16.0. The lowest BCUT2D eigenvalue weighted by molar-refractivity contribution is -0.147. The Hall–Kier alpha value is -2.96. The van der Waals surface area contributed by atoms with E-state index in [-0.39, 0.29) is 36.7 Å². The van der Waals surface area contributed by atoms with Crippen molar-refractivity contribution in [1.82, 2.24) is 5.32 Å². The van der Waals surface area contributed by atoms with Gasteiger partial charge in [0.15, 0.2) is 0 Å². The molecule has 148 valence electrons. The Morgan fingerprint density at radius 3 is 2.50 bits per heavy atom. The Balaban J connectivity index is 1.74. The van der Waals surface area contributed by atoms with Gasteiger partial charge >= 0.3 is 5.97 Å². The summed E-state index contributed by atoms with van der Waals surface area (Å²) < 4.78 is 5.04. The van der Waals surface area contributed by atoms with Gasteiger partial charge in [-0.15, -0.1) is 0 Å². The van der Waals surface area contributed by atoms with Gasteiger partial charge in [0, 0.05) is 6.92 Å². The summed E-state index contributed by atoms with van der Waals surface area (Å²) in [4.78, 5) is 50.5. The summed E-state index contributed by atoms with van der Waals surface area (Å²) in [7, 11) is 0. The minimum Gasteiger partial charge on any atom is -0.464 e. The molecule has 3 unspecified atom stereocenters. The molecule has 0 saturated carbocycles. The van der Waals surface area contributed by atoms with E-state index in [9.17, 15) is 19.2 Å². The van der Waals surface area contributed by atoms with E-state index in [0.29, 0.717) is 18.5 Å². The lowest BCUT2D eigenvalue weighted by Crippen LogP contribution is -2.41. The smallest absolute Gasteiger partial charge is 0.328 e. The van der Waals surface area contributed by atoms with E-state index in [2.05, 4.69) is 5.32 Å². The molecule has 0 aromatic heterocycles. The van der Waals surface area contributed by atoms with Crippen LogP contribution in [0, 0.1) is 11.8 Å². The molecule has 7 heteroatoms. The number of imide groups is 1. The number of anilines is 1. The second-order valence-electron chi connectivity index (χ2n) is 7.07. The Morgan fingerprint density at radius 2 is 1.86 bits per heavy atom. The van der Waals surface area contributed by atoms with E-state index >= 15 is 0 Å². The molecule has 1 aromatic rings. The number of hydrogen-bond donors (Lipinski definition) is 1. The summed E-state index contributed by atoms with van der Waals surface area (Å²) >= 11 is 0. The van der Waals surface area contributed by atoms with Crippen LogP contribution >= 0.6 is 0 Å². The van der Waals surface area contributed by atoms with Gasteiger partial charge in [-0.05, 0) is 38.3 Å². The normalized spacial score (nSPS) is 22.4. The van der Waals surface area contributed by atoms with Gasteiger partial charge in [0.05, 0.1) is 24.1 Å². The summed E-state index contributed by atoms with van der Waals surface area (Å²) in [6, 6.07) is 8.11. The fourth-order valence-electron chi connectivity index (χ4n) is 3.88. The second kappa shape index (κ2) is 8.37. The monoisotopic (exact) mass is 384 g/mol. The first-order valence-electron chi connectivity index (χ1n) is 9.46. The Kier molecular flexibility index (Phi) is 5.92. The third-order valence-electron chi connectivity index (χ3n) is 5.13. The van der Waals surface area contributed by atoms with Crippen molar-refractivity contribution in [3.05, 3.63) is 42.0 Å². The average Bonchev–Trinajstić information content (AvgIpc) is 2.92. The van der Waals surface area contributed by atoms with Crippen LogP contribution in [-0.2, 0) is 23.9 Å². The molecule has 0 bridgehead atoms. The quantitative estimate of drug-likeness (QED) is 0.460. The van der Waals surface area contributed by atoms with Crippen LogP contribution in [-0.4, -0.2) is 36.3 Å². The molecule has 1 aliphatic heterocycles. The second-order valence-corrected chi connectivity index (χ2v) is 7.07. The Bertz CT molecular complexity index is 817. The molecule has 1 fully saturated rings. The van der Waals surface area contributed by atoms with Gasteiger partial charge in [-0.3, -0.25) is 19.3 Å². The van der Waals surface area contributed by atoms with Crippen LogP contribution in [0.5, 0.6) is 0 Å². The number of esters is 1. The highest BCUT2D eigenvalue weighted by Crippen LogP contribution is 2.40. The minimum atomic E-state index is -0.794. The summed E-state index contributed by atoms with van der Waals surface area (Å²) in [6.07, 6.45) is 3.03. The van der Waals surface area contributed by atoms with Crippen LogP contribution in [0.25, 0.3) is 0 Å². The first-order valence-corrected chi connectivity index (χ1v) is 9.46. The number of nitrogens with one attached hydrogen (secondary N) is 1. The summed E-state index contributed by atoms with van der Waals surface area (Å²) in [6.45, 7) is 3.26. The van der Waals surface area contributed by atoms with E-state index in [1.165, 1.54) is 11.8 Å². The van der Waals surface area contributed by atoms with Gasteiger partial charge in [0.2, 0.25) is 17.7 Å². The van der Waals surface area contributed by atoms with Crippen molar-refractivity contribution in [3.63, 3.8) is 0 Å². The number of allylic oxidation sites excluding steroid dienone is 1. The number of nitrogens with zero attached hydrogens (tertiary/aromatic N) is 1. The SMILES string of the molecule is CCOC(=O)C(CC1=CCC2C(=O)N(c3ccccc3)C(=O)C2C1)NC(C)=O. The summed E-state index contributed by atoms with van der Waals surface area (Å²) in [5.41, 5.74) is 1.46. The van der Waals surface area contributed by atoms with Gasteiger partial charge in [-0.1, -0.05) is 29.8 Å². The van der Waals surface area contributed by atoms with Crippen molar-refractivity contribution in [2.45, 2.75) is 39.2 Å². The molecule has 28 heavy (non-hydrogen) atoms. The minimum absolute atomic E-state index is 0.180. The van der Waals surface area contributed by atoms with E-state index < -0.39 is 17.9 Å². The number of benzene rings is 1. The molecule has 1 heterocycles. The van der Waals surface area contributed by atoms with Crippen molar-refractivity contribution in [2.24, 2.45) is 11.8 Å². The predicted molar refractivity (Wildman–Crippen MR) is 102 cm³/mol. The number of ether oxygens (including phenoxy) is 1. The van der Waals surface area contributed by atoms with Gasteiger partial charge in [0.25, 0.3) is 0 Å². The lowest BCUT2D eigenvalue weighted by Gasteiger charge is -2.24. The largest absolute Gasteiger partial charge is 0.464 e. The maximum Gasteiger partial charge on any atom is 0.328 e. The first kappa shape index (κ1) is 19.8. The Morgan fingerprint density at radius 1 is 1.18 bits per heavy atom. The zero-order valence-electron chi connectivity index (χ0n) is 16.0. The molecular weight excluding hydrogens is 360 g/mol. The molecule has 3 atom stereocenters. The molecule has 3 rings (SSSR count). The highest BCUT2D eigenvalue weighted by molar-refractivity contribution is 6.22. The maximum absolute atomic E-state index is 12.9. The van der Waals surface area contributed by atoms with Crippen molar-refractivity contribution < 1.29 is 23.9 Å². The molecule has 1 N–H and O–H groups in total. The lowest BCUT2D eigenvalue weighted by atomic mass is 9.79. The number of carbonyl (C=O) groups excluding carboxylic acids is 4. The Labute approximate surface area is 163 Å². The summed E-state index contributed by atoms with van der Waals surface area (Å²) in [5.74, 6) is -2.03. The van der Waals surface area contributed by atoms with Crippen molar-refractivity contribution in [1.29, 1.82) is 0 Å². The molecular formula is C21H24N2O5. The number of rotatable bonds is 6. The van der Waals surface area contributed by atoms with Gasteiger partial charge in [-0.2, -0.15) is 0 Å². The molecule has 0 spiro atoms. The first-order chi connectivity index (χ1) is 13.4. The van der Waals surface area contributed by atoms with Crippen molar-refractivity contribution in [3.8, 4) is 0 Å². The molecule has 2 aliphatic rings. The fourth-order valence-corrected chi connectivity index (χ4v) is 3.88. The van der Waals surface area contributed by atoms with E-state index in [4.69, 9.17) is 4.74 Å². The zero-order chi connectivity index (χ0) is 20.3. The standard InChI is InChI=1S/C21H24N2O5/c1-3-28-21(27)18(22-13(2)24)12-14-9-10-16-17(11-14)20(26)23(19(16)25)15-7-5-4-6-8-15/h4-9,16-18H,3,10-12H2,1-2H3,(H,22,24).